The molecule has 2 aliphatic rings. The highest BCUT2D eigenvalue weighted by molar-refractivity contribution is 6.09. The predicted molar refractivity (Wildman–Crippen MR) is 171 cm³/mol. The minimum atomic E-state index is 0.0455. The Labute approximate surface area is 256 Å². The van der Waals surface area contributed by atoms with E-state index < -0.39 is 0 Å². The number of carbonyl (C=O) groups excluding carboxylic acids is 1. The number of ketones is 1. The van der Waals surface area contributed by atoms with Crippen LogP contribution < -0.4 is 10.1 Å². The fourth-order valence-electron chi connectivity index (χ4n) is 6.65. The van der Waals surface area contributed by atoms with E-state index in [1.165, 1.54) is 0 Å². The van der Waals surface area contributed by atoms with Crippen LogP contribution in [0.4, 0.5) is 5.82 Å². The van der Waals surface area contributed by atoms with Crippen LogP contribution in [0.1, 0.15) is 44.0 Å². The molecule has 44 heavy (non-hydrogen) atoms. The van der Waals surface area contributed by atoms with E-state index in [9.17, 15) is 4.79 Å². The molecular formula is C34H36N8O2. The Hall–Kier alpha value is -4.83. The van der Waals surface area contributed by atoms with Crippen molar-refractivity contribution in [3.63, 3.8) is 0 Å². The zero-order valence-electron chi connectivity index (χ0n) is 25.5. The molecule has 1 fully saturated rings. The van der Waals surface area contributed by atoms with E-state index in [0.717, 1.165) is 75.6 Å². The third kappa shape index (κ3) is 4.85. The van der Waals surface area contributed by atoms with Gasteiger partial charge in [0.05, 0.1) is 23.3 Å². The molecule has 0 spiro atoms. The number of nitrogens with one attached hydrogen (secondary N) is 1. The number of hydrogen-bond acceptors (Lipinski definition) is 8. The molecule has 1 N–H and O–H groups in total. The number of aromatic nitrogens is 6. The molecule has 4 aromatic heterocycles. The Morgan fingerprint density at radius 3 is 2.89 bits per heavy atom. The van der Waals surface area contributed by atoms with Crippen LogP contribution in [0.5, 0.6) is 11.6 Å². The number of fused-ring (bicyclic) bond motifs is 2. The van der Waals surface area contributed by atoms with Crippen molar-refractivity contribution >= 4 is 22.6 Å². The summed E-state index contributed by atoms with van der Waals surface area (Å²) in [6.07, 6.45) is 7.78. The molecule has 0 bridgehead atoms. The summed E-state index contributed by atoms with van der Waals surface area (Å²) in [5.41, 5.74) is 7.74. The molecule has 5 aromatic rings. The van der Waals surface area contributed by atoms with Crippen molar-refractivity contribution in [1.29, 1.82) is 0 Å². The lowest BCUT2D eigenvalue weighted by atomic mass is 9.96. The average Bonchev–Trinajstić information content (AvgIpc) is 3.55. The molecule has 1 aromatic carbocycles. The minimum Gasteiger partial charge on any atom is -0.439 e. The zero-order valence-corrected chi connectivity index (χ0v) is 25.5. The summed E-state index contributed by atoms with van der Waals surface area (Å²) in [7, 11) is 2.05. The highest BCUT2D eigenvalue weighted by Crippen LogP contribution is 2.46. The molecule has 0 radical (unpaired) electrons. The van der Waals surface area contributed by atoms with Crippen molar-refractivity contribution in [2.45, 2.75) is 52.2 Å². The standard InChI is InChI=1S/C34H36N8O2/c1-20(23(4)43)17-41-13-7-9-28(22(41)3)42-18-25(16-38-42)32-30-27-12-11-26(44-29-10-6-8-21(2)39-29)14-24(27)15-35-33-31(30)34(40(32)5)37-19-36-33/h6,8,10-12,14,16,18-19,22,28H,1,7,9,13,15,17H2,2-5H3,(H,35,36,37). The number of ether oxygens (including phenoxy) is 1. The highest BCUT2D eigenvalue weighted by atomic mass is 16.5. The molecule has 6 heterocycles. The lowest BCUT2D eigenvalue weighted by molar-refractivity contribution is -0.113. The molecule has 10 heteroatoms. The number of nitrogens with zero attached hydrogens (tertiary/aromatic N) is 7. The van der Waals surface area contributed by atoms with Crippen LogP contribution in [0.2, 0.25) is 0 Å². The summed E-state index contributed by atoms with van der Waals surface area (Å²) in [6, 6.07) is 12.4. The van der Waals surface area contributed by atoms with Gasteiger partial charge < -0.3 is 14.6 Å². The number of piperidine rings is 1. The Morgan fingerprint density at radius 2 is 2.07 bits per heavy atom. The Balaban J connectivity index is 1.28. The van der Waals surface area contributed by atoms with Crippen molar-refractivity contribution in [3.8, 4) is 34.0 Å². The number of Topliss-reactive ketones (excluding diaryl/α,β-unsaturated/α-hetero) is 1. The molecule has 10 nitrogen and oxygen atoms in total. The SMILES string of the molecule is C=C(CN1CCCC(n2cc(-c3c4c5c(ncnc5n3C)NCc3cc(Oc5cccc(C)n5)ccc3-4)cn2)C1C)C(C)=O. The van der Waals surface area contributed by atoms with Crippen molar-refractivity contribution in [1.82, 2.24) is 34.2 Å². The van der Waals surface area contributed by atoms with Gasteiger partial charge in [-0.2, -0.15) is 5.10 Å². The maximum atomic E-state index is 11.9. The van der Waals surface area contributed by atoms with E-state index in [1.54, 1.807) is 13.3 Å². The third-order valence-electron chi connectivity index (χ3n) is 9.03. The van der Waals surface area contributed by atoms with Crippen LogP contribution in [-0.4, -0.2) is 59.1 Å². The van der Waals surface area contributed by atoms with Crippen LogP contribution >= 0.6 is 0 Å². The summed E-state index contributed by atoms with van der Waals surface area (Å²) in [5.74, 6) is 2.15. The van der Waals surface area contributed by atoms with Gasteiger partial charge in [-0.15, -0.1) is 0 Å². The fraction of sp³-hybridized carbons (Fsp3) is 0.324. The largest absolute Gasteiger partial charge is 0.439 e. The van der Waals surface area contributed by atoms with Crippen LogP contribution in [-0.2, 0) is 18.4 Å². The van der Waals surface area contributed by atoms with Gasteiger partial charge in [-0.1, -0.05) is 18.7 Å². The lowest BCUT2D eigenvalue weighted by Gasteiger charge is -2.39. The van der Waals surface area contributed by atoms with Gasteiger partial charge in [0.2, 0.25) is 5.88 Å². The normalized spacial score (nSPS) is 18.0. The van der Waals surface area contributed by atoms with Gasteiger partial charge in [0.1, 0.15) is 23.5 Å². The summed E-state index contributed by atoms with van der Waals surface area (Å²) in [6.45, 7) is 11.9. The third-order valence-corrected chi connectivity index (χ3v) is 9.03. The number of hydrogen-bond donors (Lipinski definition) is 1. The summed E-state index contributed by atoms with van der Waals surface area (Å²) in [5, 5.41) is 9.43. The molecular weight excluding hydrogens is 552 g/mol. The van der Waals surface area contributed by atoms with Gasteiger partial charge >= 0.3 is 0 Å². The van der Waals surface area contributed by atoms with E-state index in [1.807, 2.05) is 37.4 Å². The van der Waals surface area contributed by atoms with Crippen LogP contribution in [0.15, 0.2) is 67.3 Å². The molecule has 0 aliphatic carbocycles. The maximum Gasteiger partial charge on any atom is 0.219 e. The fourth-order valence-corrected chi connectivity index (χ4v) is 6.65. The topological polar surface area (TPSA) is 103 Å². The molecule has 1 saturated heterocycles. The van der Waals surface area contributed by atoms with Gasteiger partial charge in [-0.05, 0) is 69.5 Å². The second kappa shape index (κ2) is 11.0. The van der Waals surface area contributed by atoms with Crippen molar-refractivity contribution in [3.05, 3.63) is 78.5 Å². The van der Waals surface area contributed by atoms with E-state index in [0.29, 0.717) is 24.5 Å². The van der Waals surface area contributed by atoms with Crippen molar-refractivity contribution in [2.24, 2.45) is 7.05 Å². The predicted octanol–water partition coefficient (Wildman–Crippen LogP) is 6.09. The summed E-state index contributed by atoms with van der Waals surface area (Å²) < 4.78 is 10.4. The Bertz CT molecular complexity index is 1920. The van der Waals surface area contributed by atoms with Crippen LogP contribution in [0.3, 0.4) is 0 Å². The van der Waals surface area contributed by atoms with E-state index in [4.69, 9.17) is 14.8 Å². The quantitative estimate of drug-likeness (QED) is 0.228. The molecule has 2 atom stereocenters. The number of likely N-dealkylation sites (tertiary alicyclic amines) is 1. The smallest absolute Gasteiger partial charge is 0.219 e. The molecule has 2 unspecified atom stereocenters. The molecule has 2 aliphatic heterocycles. The Morgan fingerprint density at radius 1 is 1.20 bits per heavy atom. The van der Waals surface area contributed by atoms with Gasteiger partial charge in [0, 0.05) is 60.8 Å². The van der Waals surface area contributed by atoms with Crippen LogP contribution in [0, 0.1) is 6.92 Å². The summed E-state index contributed by atoms with van der Waals surface area (Å²) >= 11 is 0. The van der Waals surface area contributed by atoms with E-state index >= 15 is 0 Å². The first-order chi connectivity index (χ1) is 21.3. The highest BCUT2D eigenvalue weighted by Gasteiger charge is 2.32. The lowest BCUT2D eigenvalue weighted by Crippen LogP contribution is -2.45. The van der Waals surface area contributed by atoms with Crippen molar-refractivity contribution < 1.29 is 9.53 Å². The number of carbonyl (C=O) groups is 1. The second-order valence-electron chi connectivity index (χ2n) is 11.9. The Kier molecular flexibility index (Phi) is 7.01. The van der Waals surface area contributed by atoms with Gasteiger partial charge in [0.25, 0.3) is 0 Å². The molecule has 7 rings (SSSR count). The number of aryl methyl sites for hydroxylation is 2. The zero-order chi connectivity index (χ0) is 30.5. The van der Waals surface area contributed by atoms with Crippen LogP contribution in [0.25, 0.3) is 33.4 Å². The number of anilines is 1. The first kappa shape index (κ1) is 28.0. The summed E-state index contributed by atoms with van der Waals surface area (Å²) in [4.78, 5) is 28.1. The molecule has 0 amide bonds. The molecule has 0 saturated carbocycles. The maximum absolute atomic E-state index is 11.9. The monoisotopic (exact) mass is 588 g/mol. The second-order valence-corrected chi connectivity index (χ2v) is 11.9. The average molecular weight is 589 g/mol. The number of rotatable bonds is 7. The number of pyridine rings is 1. The first-order valence-electron chi connectivity index (χ1n) is 15.1. The van der Waals surface area contributed by atoms with Gasteiger partial charge in [-0.25, -0.2) is 15.0 Å². The van der Waals surface area contributed by atoms with E-state index in [-0.39, 0.29) is 17.9 Å². The number of benzene rings is 1. The van der Waals surface area contributed by atoms with E-state index in [2.05, 4.69) is 68.3 Å². The molecule has 224 valence electrons. The van der Waals surface area contributed by atoms with Gasteiger partial charge in [0.15, 0.2) is 5.78 Å². The van der Waals surface area contributed by atoms with Gasteiger partial charge in [-0.3, -0.25) is 14.4 Å². The minimum absolute atomic E-state index is 0.0455. The first-order valence-corrected chi connectivity index (χ1v) is 15.1. The van der Waals surface area contributed by atoms with Crippen molar-refractivity contribution in [2.75, 3.05) is 18.4 Å².